The van der Waals surface area contributed by atoms with Gasteiger partial charge in [0, 0.05) is 12.5 Å². The summed E-state index contributed by atoms with van der Waals surface area (Å²) in [6.45, 7) is 5.78. The Morgan fingerprint density at radius 1 is 1.40 bits per heavy atom. The number of nitrogens with two attached hydrogens (primary N) is 1. The van der Waals surface area contributed by atoms with E-state index in [1.54, 1.807) is 0 Å². The van der Waals surface area contributed by atoms with E-state index in [1.165, 1.54) is 11.1 Å². The minimum absolute atomic E-state index is 0.178. The lowest BCUT2D eigenvalue weighted by Crippen LogP contribution is -2.33. The third-order valence-corrected chi connectivity index (χ3v) is 3.56. The first-order valence-electron chi connectivity index (χ1n) is 5.58. The van der Waals surface area contributed by atoms with Crippen molar-refractivity contribution in [3.05, 3.63) is 35.4 Å². The van der Waals surface area contributed by atoms with Crippen LogP contribution in [0.5, 0.6) is 0 Å². The van der Waals surface area contributed by atoms with Gasteiger partial charge in [0.1, 0.15) is 0 Å². The molecule has 0 bridgehead atoms. The summed E-state index contributed by atoms with van der Waals surface area (Å²) in [5.41, 5.74) is 8.15. The molecule has 0 spiro atoms. The van der Waals surface area contributed by atoms with E-state index in [4.69, 9.17) is 10.5 Å². The van der Waals surface area contributed by atoms with Crippen molar-refractivity contribution >= 4 is 0 Å². The number of hydrogen-bond donors (Lipinski definition) is 1. The molecular weight excluding hydrogens is 186 g/mol. The standard InChI is InChI=1S/C13H19NO/c1-10-3-5-11(6-4-10)13(2)12(9-14)7-8-15-13/h3-6,12H,7-9,14H2,1-2H3. The van der Waals surface area contributed by atoms with Gasteiger partial charge in [-0.25, -0.2) is 0 Å². The summed E-state index contributed by atoms with van der Waals surface area (Å²) in [6, 6.07) is 8.58. The highest BCUT2D eigenvalue weighted by Crippen LogP contribution is 2.40. The van der Waals surface area contributed by atoms with Gasteiger partial charge in [0.25, 0.3) is 0 Å². The van der Waals surface area contributed by atoms with Gasteiger partial charge in [-0.15, -0.1) is 0 Å². The first-order chi connectivity index (χ1) is 7.16. The van der Waals surface area contributed by atoms with Crippen LogP contribution in [-0.4, -0.2) is 13.2 Å². The Morgan fingerprint density at radius 3 is 2.67 bits per heavy atom. The van der Waals surface area contributed by atoms with Gasteiger partial charge < -0.3 is 10.5 Å². The second-order valence-electron chi connectivity index (χ2n) is 4.54. The van der Waals surface area contributed by atoms with Gasteiger partial charge in [0.2, 0.25) is 0 Å². The van der Waals surface area contributed by atoms with E-state index in [9.17, 15) is 0 Å². The molecule has 0 aliphatic carbocycles. The smallest absolute Gasteiger partial charge is 0.0944 e. The van der Waals surface area contributed by atoms with Crippen LogP contribution in [0.3, 0.4) is 0 Å². The molecule has 2 heteroatoms. The molecule has 1 aliphatic heterocycles. The van der Waals surface area contributed by atoms with Gasteiger partial charge in [0.05, 0.1) is 5.60 Å². The summed E-state index contributed by atoms with van der Waals surface area (Å²) in [5.74, 6) is 0.445. The van der Waals surface area contributed by atoms with Gasteiger partial charge in [-0.1, -0.05) is 29.8 Å². The van der Waals surface area contributed by atoms with Crippen LogP contribution < -0.4 is 5.73 Å². The average molecular weight is 205 g/mol. The molecule has 1 fully saturated rings. The summed E-state index contributed by atoms with van der Waals surface area (Å²) in [7, 11) is 0. The monoisotopic (exact) mass is 205 g/mol. The highest BCUT2D eigenvalue weighted by atomic mass is 16.5. The maximum absolute atomic E-state index is 5.89. The van der Waals surface area contributed by atoms with Crippen LogP contribution in [0, 0.1) is 12.8 Å². The van der Waals surface area contributed by atoms with Crippen molar-refractivity contribution in [2.45, 2.75) is 25.9 Å². The molecule has 1 aromatic rings. The Kier molecular flexibility index (Phi) is 2.81. The quantitative estimate of drug-likeness (QED) is 0.803. The zero-order valence-electron chi connectivity index (χ0n) is 9.49. The molecule has 0 saturated carbocycles. The molecule has 82 valence electrons. The Bertz CT molecular complexity index is 333. The highest BCUT2D eigenvalue weighted by Gasteiger charge is 2.40. The normalized spacial score (nSPS) is 30.7. The minimum Gasteiger partial charge on any atom is -0.370 e. The van der Waals surface area contributed by atoms with E-state index in [-0.39, 0.29) is 5.60 Å². The third-order valence-electron chi connectivity index (χ3n) is 3.56. The zero-order valence-corrected chi connectivity index (χ0v) is 9.49. The summed E-state index contributed by atoms with van der Waals surface area (Å²) in [4.78, 5) is 0. The predicted octanol–water partition coefficient (Wildman–Crippen LogP) is 2.21. The van der Waals surface area contributed by atoms with Crippen LogP contribution in [0.2, 0.25) is 0 Å². The molecular formula is C13H19NO. The molecule has 0 radical (unpaired) electrons. The summed E-state index contributed by atoms with van der Waals surface area (Å²) < 4.78 is 5.89. The maximum atomic E-state index is 5.89. The number of aryl methyl sites for hydroxylation is 1. The molecule has 15 heavy (non-hydrogen) atoms. The van der Waals surface area contributed by atoms with Gasteiger partial charge in [-0.2, -0.15) is 0 Å². The van der Waals surface area contributed by atoms with E-state index in [0.717, 1.165) is 13.0 Å². The highest BCUT2D eigenvalue weighted by molar-refractivity contribution is 5.27. The molecule has 2 atom stereocenters. The van der Waals surface area contributed by atoms with Crippen molar-refractivity contribution in [3.8, 4) is 0 Å². The lowest BCUT2D eigenvalue weighted by Gasteiger charge is -2.30. The predicted molar refractivity (Wildman–Crippen MR) is 61.6 cm³/mol. The van der Waals surface area contributed by atoms with Crippen molar-refractivity contribution in [1.29, 1.82) is 0 Å². The second kappa shape index (κ2) is 3.95. The Labute approximate surface area is 91.4 Å². The van der Waals surface area contributed by atoms with Gasteiger partial charge in [0.15, 0.2) is 0 Å². The molecule has 1 aliphatic rings. The first-order valence-corrected chi connectivity index (χ1v) is 5.58. The van der Waals surface area contributed by atoms with Gasteiger partial charge >= 0.3 is 0 Å². The molecule has 1 aromatic carbocycles. The van der Waals surface area contributed by atoms with E-state index in [1.807, 2.05) is 0 Å². The van der Waals surface area contributed by atoms with Crippen LogP contribution in [-0.2, 0) is 10.3 Å². The Balaban J connectivity index is 2.32. The van der Waals surface area contributed by atoms with Gasteiger partial charge in [-0.3, -0.25) is 0 Å². The van der Waals surface area contributed by atoms with Crippen LogP contribution >= 0.6 is 0 Å². The van der Waals surface area contributed by atoms with Crippen LogP contribution in [0.15, 0.2) is 24.3 Å². The lowest BCUT2D eigenvalue weighted by atomic mass is 9.83. The lowest BCUT2D eigenvalue weighted by molar-refractivity contribution is -0.00792. The third kappa shape index (κ3) is 1.80. The molecule has 0 aromatic heterocycles. The summed E-state index contributed by atoms with van der Waals surface area (Å²) in [5, 5.41) is 0. The number of benzene rings is 1. The van der Waals surface area contributed by atoms with E-state index >= 15 is 0 Å². The SMILES string of the molecule is Cc1ccc(C2(C)OCCC2CN)cc1. The molecule has 2 N–H and O–H groups in total. The van der Waals surface area contributed by atoms with Crippen LogP contribution in [0.1, 0.15) is 24.5 Å². The molecule has 2 nitrogen and oxygen atoms in total. The summed E-state index contributed by atoms with van der Waals surface area (Å²) >= 11 is 0. The number of hydrogen-bond acceptors (Lipinski definition) is 2. The van der Waals surface area contributed by atoms with Crippen LogP contribution in [0.25, 0.3) is 0 Å². The van der Waals surface area contributed by atoms with E-state index in [0.29, 0.717) is 12.5 Å². The van der Waals surface area contributed by atoms with Crippen molar-refractivity contribution in [2.75, 3.05) is 13.2 Å². The number of rotatable bonds is 2. The Morgan fingerprint density at radius 2 is 2.07 bits per heavy atom. The molecule has 2 unspecified atom stereocenters. The van der Waals surface area contributed by atoms with Gasteiger partial charge in [-0.05, 0) is 32.4 Å². The van der Waals surface area contributed by atoms with Crippen molar-refractivity contribution < 1.29 is 4.74 Å². The average Bonchev–Trinajstić information content (AvgIpc) is 2.61. The summed E-state index contributed by atoms with van der Waals surface area (Å²) in [6.07, 6.45) is 1.07. The molecule has 0 amide bonds. The molecule has 2 rings (SSSR count). The van der Waals surface area contributed by atoms with Crippen molar-refractivity contribution in [2.24, 2.45) is 11.7 Å². The van der Waals surface area contributed by atoms with Crippen molar-refractivity contribution in [3.63, 3.8) is 0 Å². The largest absolute Gasteiger partial charge is 0.370 e. The van der Waals surface area contributed by atoms with E-state index < -0.39 is 0 Å². The minimum atomic E-state index is -0.178. The fraction of sp³-hybridized carbons (Fsp3) is 0.538. The van der Waals surface area contributed by atoms with E-state index in [2.05, 4.69) is 38.1 Å². The fourth-order valence-electron chi connectivity index (χ4n) is 2.35. The fourth-order valence-corrected chi connectivity index (χ4v) is 2.35. The molecule has 1 saturated heterocycles. The topological polar surface area (TPSA) is 35.2 Å². The molecule has 1 heterocycles. The maximum Gasteiger partial charge on any atom is 0.0944 e. The first kappa shape index (κ1) is 10.7. The number of ether oxygens (including phenoxy) is 1. The van der Waals surface area contributed by atoms with Crippen LogP contribution in [0.4, 0.5) is 0 Å². The zero-order chi connectivity index (χ0) is 10.9. The van der Waals surface area contributed by atoms with Crippen molar-refractivity contribution in [1.82, 2.24) is 0 Å². The second-order valence-corrected chi connectivity index (χ2v) is 4.54. The Hall–Kier alpha value is -0.860.